The van der Waals surface area contributed by atoms with Crippen molar-refractivity contribution >= 4 is 22.5 Å². The predicted octanol–water partition coefficient (Wildman–Crippen LogP) is 2.39. The second kappa shape index (κ2) is 5.27. The molecule has 0 radical (unpaired) electrons. The fourth-order valence-corrected chi connectivity index (χ4v) is 2.97. The summed E-state index contributed by atoms with van der Waals surface area (Å²) in [6.07, 6.45) is 2.71. The Morgan fingerprint density at radius 1 is 1.23 bits per heavy atom. The Morgan fingerprint density at radius 3 is 3.09 bits per heavy atom. The van der Waals surface area contributed by atoms with Crippen LogP contribution >= 0.6 is 0 Å². The predicted molar refractivity (Wildman–Crippen MR) is 85.6 cm³/mol. The van der Waals surface area contributed by atoms with Crippen molar-refractivity contribution in [2.75, 3.05) is 11.9 Å². The van der Waals surface area contributed by atoms with E-state index in [0.717, 1.165) is 35.1 Å². The molecule has 3 aromatic rings. The van der Waals surface area contributed by atoms with Gasteiger partial charge < -0.3 is 10.6 Å². The van der Waals surface area contributed by atoms with E-state index in [9.17, 15) is 4.79 Å². The third kappa shape index (κ3) is 2.25. The van der Waals surface area contributed by atoms with Gasteiger partial charge in [-0.1, -0.05) is 24.3 Å². The molecule has 4 rings (SSSR count). The van der Waals surface area contributed by atoms with E-state index in [2.05, 4.69) is 26.9 Å². The van der Waals surface area contributed by atoms with E-state index in [0.29, 0.717) is 0 Å². The van der Waals surface area contributed by atoms with Crippen LogP contribution in [0.3, 0.4) is 0 Å². The number of amides is 1. The van der Waals surface area contributed by atoms with Gasteiger partial charge in [-0.2, -0.15) is 5.10 Å². The first-order valence-electron chi connectivity index (χ1n) is 7.36. The summed E-state index contributed by atoms with van der Waals surface area (Å²) in [6, 6.07) is 13.5. The number of nitrogens with one attached hydrogen (secondary N) is 3. The number of carbonyl (C=O) groups is 1. The molecule has 2 heterocycles. The standard InChI is InChI=1S/C17H16N4O/c22-17(16-14-4-2-1-3-11(14)7-8-18-16)20-13-5-6-15-12(9-13)10-19-21-15/h1-6,9-10,16,18H,7-8H2,(H,19,21)(H,20,22). The number of H-pyrrole nitrogens is 1. The molecular formula is C17H16N4O. The maximum absolute atomic E-state index is 12.6. The highest BCUT2D eigenvalue weighted by atomic mass is 16.2. The zero-order chi connectivity index (χ0) is 14.9. The molecule has 1 aliphatic heterocycles. The first-order chi connectivity index (χ1) is 10.8. The van der Waals surface area contributed by atoms with Crippen molar-refractivity contribution in [3.63, 3.8) is 0 Å². The van der Waals surface area contributed by atoms with Crippen LogP contribution in [0, 0.1) is 0 Å². The Morgan fingerprint density at radius 2 is 2.14 bits per heavy atom. The Bertz CT molecular complexity index is 839. The number of hydrogen-bond acceptors (Lipinski definition) is 3. The normalized spacial score (nSPS) is 17.2. The van der Waals surface area contributed by atoms with E-state index in [1.54, 1.807) is 6.20 Å². The molecule has 110 valence electrons. The lowest BCUT2D eigenvalue weighted by Gasteiger charge is -2.26. The molecule has 0 bridgehead atoms. The van der Waals surface area contributed by atoms with Crippen molar-refractivity contribution in [3.05, 3.63) is 59.8 Å². The van der Waals surface area contributed by atoms with Gasteiger partial charge in [0.2, 0.25) is 5.91 Å². The molecule has 1 aliphatic rings. The number of aromatic amines is 1. The Balaban J connectivity index is 1.60. The van der Waals surface area contributed by atoms with Gasteiger partial charge >= 0.3 is 0 Å². The smallest absolute Gasteiger partial charge is 0.246 e. The molecule has 0 spiro atoms. The minimum absolute atomic E-state index is 0.0324. The van der Waals surface area contributed by atoms with Gasteiger partial charge in [0.25, 0.3) is 0 Å². The Hall–Kier alpha value is -2.66. The quantitative estimate of drug-likeness (QED) is 0.679. The summed E-state index contributed by atoms with van der Waals surface area (Å²) < 4.78 is 0. The van der Waals surface area contributed by atoms with Crippen LogP contribution in [0.25, 0.3) is 10.9 Å². The lowest BCUT2D eigenvalue weighted by Crippen LogP contribution is -2.38. The van der Waals surface area contributed by atoms with Crippen LogP contribution in [0.1, 0.15) is 17.2 Å². The van der Waals surface area contributed by atoms with E-state index in [-0.39, 0.29) is 11.9 Å². The van der Waals surface area contributed by atoms with Gasteiger partial charge in [0, 0.05) is 17.6 Å². The summed E-state index contributed by atoms with van der Waals surface area (Å²) in [5, 5.41) is 14.2. The lowest BCUT2D eigenvalue weighted by atomic mass is 9.94. The van der Waals surface area contributed by atoms with Gasteiger partial charge in [-0.25, -0.2) is 0 Å². The molecule has 5 nitrogen and oxygen atoms in total. The SMILES string of the molecule is O=C(Nc1ccc2[nH]ncc2c1)C1NCCc2ccccc21. The maximum atomic E-state index is 12.6. The number of fused-ring (bicyclic) bond motifs is 2. The molecule has 1 unspecified atom stereocenters. The summed E-state index contributed by atoms with van der Waals surface area (Å²) >= 11 is 0. The molecule has 5 heteroatoms. The van der Waals surface area contributed by atoms with Crippen molar-refractivity contribution in [3.8, 4) is 0 Å². The number of rotatable bonds is 2. The zero-order valence-corrected chi connectivity index (χ0v) is 12.0. The third-order valence-electron chi connectivity index (χ3n) is 4.08. The molecule has 1 amide bonds. The summed E-state index contributed by atoms with van der Waals surface area (Å²) in [5.41, 5.74) is 4.05. The Labute approximate surface area is 127 Å². The maximum Gasteiger partial charge on any atom is 0.246 e. The first-order valence-corrected chi connectivity index (χ1v) is 7.36. The molecule has 2 aromatic carbocycles. The van der Waals surface area contributed by atoms with Gasteiger partial charge in [-0.05, 0) is 35.7 Å². The van der Waals surface area contributed by atoms with E-state index >= 15 is 0 Å². The van der Waals surface area contributed by atoms with Crippen molar-refractivity contribution < 1.29 is 4.79 Å². The Kier molecular flexibility index (Phi) is 3.12. The highest BCUT2D eigenvalue weighted by molar-refractivity contribution is 5.97. The lowest BCUT2D eigenvalue weighted by molar-refractivity contribution is -0.118. The van der Waals surface area contributed by atoms with Crippen molar-refractivity contribution in [2.24, 2.45) is 0 Å². The number of nitrogens with zero attached hydrogens (tertiary/aromatic N) is 1. The molecule has 0 saturated heterocycles. The van der Waals surface area contributed by atoms with Gasteiger partial charge in [-0.3, -0.25) is 9.89 Å². The molecular weight excluding hydrogens is 276 g/mol. The van der Waals surface area contributed by atoms with E-state index in [4.69, 9.17) is 0 Å². The van der Waals surface area contributed by atoms with Gasteiger partial charge in [0.1, 0.15) is 6.04 Å². The van der Waals surface area contributed by atoms with Crippen LogP contribution < -0.4 is 10.6 Å². The molecule has 1 atom stereocenters. The van der Waals surface area contributed by atoms with Crippen LogP contribution in [0.2, 0.25) is 0 Å². The van der Waals surface area contributed by atoms with Gasteiger partial charge in [0.15, 0.2) is 0 Å². The minimum atomic E-state index is -0.301. The zero-order valence-electron chi connectivity index (χ0n) is 12.0. The number of anilines is 1. The largest absolute Gasteiger partial charge is 0.324 e. The summed E-state index contributed by atoms with van der Waals surface area (Å²) in [4.78, 5) is 12.6. The van der Waals surface area contributed by atoms with Gasteiger partial charge in [-0.15, -0.1) is 0 Å². The second-order valence-corrected chi connectivity index (χ2v) is 5.50. The third-order valence-corrected chi connectivity index (χ3v) is 4.08. The van der Waals surface area contributed by atoms with Crippen LogP contribution in [-0.4, -0.2) is 22.6 Å². The molecule has 0 aliphatic carbocycles. The van der Waals surface area contributed by atoms with Crippen LogP contribution in [0.5, 0.6) is 0 Å². The topological polar surface area (TPSA) is 69.8 Å². The summed E-state index contributed by atoms with van der Waals surface area (Å²) in [6.45, 7) is 0.815. The fourth-order valence-electron chi connectivity index (χ4n) is 2.97. The van der Waals surface area contributed by atoms with E-state index in [1.807, 2.05) is 36.4 Å². The van der Waals surface area contributed by atoms with Crippen molar-refractivity contribution in [1.29, 1.82) is 0 Å². The number of hydrogen-bond donors (Lipinski definition) is 3. The van der Waals surface area contributed by atoms with Crippen LogP contribution in [-0.2, 0) is 11.2 Å². The monoisotopic (exact) mass is 292 g/mol. The summed E-state index contributed by atoms with van der Waals surface area (Å²) in [7, 11) is 0. The average Bonchev–Trinajstić information content (AvgIpc) is 3.02. The first kappa shape index (κ1) is 13.0. The van der Waals surface area contributed by atoms with Crippen molar-refractivity contribution in [1.82, 2.24) is 15.5 Å². The molecule has 3 N–H and O–H groups in total. The number of aromatic nitrogens is 2. The van der Waals surface area contributed by atoms with Gasteiger partial charge in [0.05, 0.1) is 11.7 Å². The highest BCUT2D eigenvalue weighted by Gasteiger charge is 2.25. The average molecular weight is 292 g/mol. The van der Waals surface area contributed by atoms with Crippen LogP contribution in [0.15, 0.2) is 48.7 Å². The molecule has 22 heavy (non-hydrogen) atoms. The summed E-state index contributed by atoms with van der Waals surface area (Å²) in [5.74, 6) is -0.0324. The number of carbonyl (C=O) groups excluding carboxylic acids is 1. The van der Waals surface area contributed by atoms with E-state index in [1.165, 1.54) is 5.56 Å². The molecule has 0 fully saturated rings. The fraction of sp³-hybridized carbons (Fsp3) is 0.176. The molecule has 0 saturated carbocycles. The van der Waals surface area contributed by atoms with E-state index < -0.39 is 0 Å². The van der Waals surface area contributed by atoms with Crippen LogP contribution in [0.4, 0.5) is 5.69 Å². The van der Waals surface area contributed by atoms with Crippen molar-refractivity contribution in [2.45, 2.75) is 12.5 Å². The highest BCUT2D eigenvalue weighted by Crippen LogP contribution is 2.24. The number of benzene rings is 2. The second-order valence-electron chi connectivity index (χ2n) is 5.50. The molecule has 1 aromatic heterocycles. The minimum Gasteiger partial charge on any atom is -0.324 e.